The number of carbonyl (C=O) groups excluding carboxylic acids is 1. The number of anilines is 2. The average molecular weight is 441 g/mol. The number of benzene rings is 1. The summed E-state index contributed by atoms with van der Waals surface area (Å²) in [5, 5.41) is 15.6. The summed E-state index contributed by atoms with van der Waals surface area (Å²) >= 11 is 6.15. The Morgan fingerprint density at radius 3 is 2.61 bits per heavy atom. The highest BCUT2D eigenvalue weighted by atomic mass is 35.5. The van der Waals surface area contributed by atoms with Gasteiger partial charge in [0.15, 0.2) is 11.4 Å². The van der Waals surface area contributed by atoms with Gasteiger partial charge in [-0.25, -0.2) is 9.97 Å². The van der Waals surface area contributed by atoms with Crippen LogP contribution in [0.4, 0.5) is 11.6 Å². The van der Waals surface area contributed by atoms with Crippen molar-refractivity contribution in [3.63, 3.8) is 0 Å². The molecule has 1 aliphatic carbocycles. The number of piperazine rings is 1. The van der Waals surface area contributed by atoms with E-state index >= 15 is 0 Å². The summed E-state index contributed by atoms with van der Waals surface area (Å²) in [5.41, 5.74) is -0.634. The van der Waals surface area contributed by atoms with Crippen molar-refractivity contribution in [2.75, 3.05) is 36.4 Å². The summed E-state index contributed by atoms with van der Waals surface area (Å²) in [6, 6.07) is 6.90. The van der Waals surface area contributed by atoms with Gasteiger partial charge in [0.25, 0.3) is 5.91 Å². The van der Waals surface area contributed by atoms with Crippen LogP contribution in [0.3, 0.4) is 0 Å². The largest absolute Gasteiger partial charge is 0.477 e. The lowest BCUT2D eigenvalue weighted by Gasteiger charge is -2.36. The first-order valence-corrected chi connectivity index (χ1v) is 11.0. The maximum atomic E-state index is 13.3. The van der Waals surface area contributed by atoms with E-state index in [9.17, 15) is 4.79 Å². The first-order valence-electron chi connectivity index (χ1n) is 10.6. The second-order valence-corrected chi connectivity index (χ2v) is 8.27. The average Bonchev–Trinajstić information content (AvgIpc) is 2.81. The van der Waals surface area contributed by atoms with Crippen molar-refractivity contribution in [3.8, 4) is 11.8 Å². The number of halogens is 1. The van der Waals surface area contributed by atoms with Gasteiger partial charge in [0.2, 0.25) is 0 Å². The highest BCUT2D eigenvalue weighted by molar-refractivity contribution is 6.31. The van der Waals surface area contributed by atoms with Gasteiger partial charge in [-0.15, -0.1) is 0 Å². The zero-order valence-corrected chi connectivity index (χ0v) is 18.0. The fraction of sp³-hybridized carbons (Fsp3) is 0.455. The Bertz CT molecular complexity index is 963. The molecule has 1 aliphatic heterocycles. The van der Waals surface area contributed by atoms with E-state index in [1.54, 1.807) is 30.6 Å². The van der Waals surface area contributed by atoms with Gasteiger partial charge >= 0.3 is 0 Å². The highest BCUT2D eigenvalue weighted by Crippen LogP contribution is 2.35. The second kappa shape index (κ2) is 9.50. The predicted octanol–water partition coefficient (Wildman–Crippen LogP) is 3.13. The Morgan fingerprint density at radius 2 is 1.97 bits per heavy atom. The quantitative estimate of drug-likeness (QED) is 0.736. The molecule has 2 N–H and O–H groups in total. The minimum absolute atomic E-state index is 0.239. The Hall–Kier alpha value is -2.89. The molecule has 4 rings (SSSR count). The zero-order chi connectivity index (χ0) is 21.7. The van der Waals surface area contributed by atoms with Crippen LogP contribution in [0.25, 0.3) is 0 Å². The summed E-state index contributed by atoms with van der Waals surface area (Å²) in [5.74, 6) is 1.43. The minimum Gasteiger partial charge on any atom is -0.477 e. The van der Waals surface area contributed by atoms with E-state index in [2.05, 4.69) is 25.5 Å². The van der Waals surface area contributed by atoms with Gasteiger partial charge in [0.1, 0.15) is 17.6 Å². The van der Waals surface area contributed by atoms with Gasteiger partial charge < -0.3 is 20.3 Å². The number of nitriles is 1. The SMILES string of the molecule is N#Cc1ccc(OC2(C(=O)Nc3cnc(N4CCNCC4)cn3)CCCCC2)cc1Cl. The third kappa shape index (κ3) is 4.89. The lowest BCUT2D eigenvalue weighted by Crippen LogP contribution is -2.49. The second-order valence-electron chi connectivity index (χ2n) is 7.86. The summed E-state index contributed by atoms with van der Waals surface area (Å²) in [4.78, 5) is 24.3. The van der Waals surface area contributed by atoms with Crippen LogP contribution < -0.4 is 20.3 Å². The normalized spacial score (nSPS) is 18.1. The third-order valence-electron chi connectivity index (χ3n) is 5.77. The maximum Gasteiger partial charge on any atom is 0.269 e. The molecule has 0 atom stereocenters. The number of aromatic nitrogens is 2. The summed E-state index contributed by atoms with van der Waals surface area (Å²) in [6.07, 6.45) is 7.33. The molecule has 2 aliphatic rings. The number of amides is 1. The van der Waals surface area contributed by atoms with E-state index in [1.807, 2.05) is 6.07 Å². The van der Waals surface area contributed by atoms with Crippen molar-refractivity contribution in [2.24, 2.45) is 0 Å². The molecule has 31 heavy (non-hydrogen) atoms. The topological polar surface area (TPSA) is 103 Å². The summed E-state index contributed by atoms with van der Waals surface area (Å²) < 4.78 is 6.21. The van der Waals surface area contributed by atoms with Gasteiger partial charge in [0, 0.05) is 32.2 Å². The number of hydrogen-bond acceptors (Lipinski definition) is 7. The highest BCUT2D eigenvalue weighted by Gasteiger charge is 2.42. The van der Waals surface area contributed by atoms with Crippen molar-refractivity contribution in [3.05, 3.63) is 41.2 Å². The molecule has 1 saturated carbocycles. The molecule has 1 saturated heterocycles. The van der Waals surface area contributed by atoms with Gasteiger partial charge in [-0.1, -0.05) is 18.0 Å². The van der Waals surface area contributed by atoms with Gasteiger partial charge in [-0.3, -0.25) is 4.79 Å². The number of rotatable bonds is 5. The maximum absolute atomic E-state index is 13.3. The minimum atomic E-state index is -1.01. The van der Waals surface area contributed by atoms with Crippen molar-refractivity contribution < 1.29 is 9.53 Å². The molecule has 1 amide bonds. The summed E-state index contributed by atoms with van der Waals surface area (Å²) in [6.45, 7) is 3.59. The Morgan fingerprint density at radius 1 is 1.19 bits per heavy atom. The van der Waals surface area contributed by atoms with E-state index in [0.29, 0.717) is 35.0 Å². The lowest BCUT2D eigenvalue weighted by molar-refractivity contribution is -0.134. The predicted molar refractivity (Wildman–Crippen MR) is 118 cm³/mol. The van der Waals surface area contributed by atoms with Crippen LogP contribution in [0.15, 0.2) is 30.6 Å². The van der Waals surface area contributed by atoms with Gasteiger partial charge in [0.05, 0.1) is 23.0 Å². The first kappa shape index (κ1) is 21.3. The molecule has 0 spiro atoms. The van der Waals surface area contributed by atoms with Crippen LogP contribution in [0.5, 0.6) is 5.75 Å². The van der Waals surface area contributed by atoms with E-state index in [4.69, 9.17) is 21.6 Å². The molecule has 162 valence electrons. The van der Waals surface area contributed by atoms with E-state index in [0.717, 1.165) is 51.3 Å². The first-order chi connectivity index (χ1) is 15.1. The van der Waals surface area contributed by atoms with E-state index in [1.165, 1.54) is 0 Å². The van der Waals surface area contributed by atoms with Crippen molar-refractivity contribution >= 4 is 29.1 Å². The molecule has 1 aromatic carbocycles. The smallest absolute Gasteiger partial charge is 0.269 e. The molecule has 2 aromatic rings. The van der Waals surface area contributed by atoms with E-state index in [-0.39, 0.29) is 5.91 Å². The number of hydrogen-bond donors (Lipinski definition) is 2. The molecular weight excluding hydrogens is 416 g/mol. The van der Waals surface area contributed by atoms with Crippen LogP contribution in [0.1, 0.15) is 37.7 Å². The fourth-order valence-corrected chi connectivity index (χ4v) is 4.26. The van der Waals surface area contributed by atoms with E-state index < -0.39 is 5.60 Å². The standard InChI is InChI=1S/C22H25ClN6O2/c23-18-12-17(5-4-16(18)13-24)31-22(6-2-1-3-7-22)21(30)28-19-14-27-20(15-26-19)29-10-8-25-9-11-29/h4-5,12,14-15,25H,1-3,6-11H2,(H,26,28,30). The molecule has 9 heteroatoms. The van der Waals surface area contributed by atoms with Crippen molar-refractivity contribution in [2.45, 2.75) is 37.7 Å². The number of ether oxygens (including phenoxy) is 1. The molecule has 2 fully saturated rings. The van der Waals surface area contributed by atoms with Crippen molar-refractivity contribution in [1.82, 2.24) is 15.3 Å². The van der Waals surface area contributed by atoms with Gasteiger partial charge in [-0.05, 0) is 37.8 Å². The summed E-state index contributed by atoms with van der Waals surface area (Å²) in [7, 11) is 0. The zero-order valence-electron chi connectivity index (χ0n) is 17.2. The molecule has 1 aromatic heterocycles. The monoisotopic (exact) mass is 440 g/mol. The molecule has 8 nitrogen and oxygen atoms in total. The number of carbonyl (C=O) groups is 1. The van der Waals surface area contributed by atoms with Crippen LogP contribution >= 0.6 is 11.6 Å². The Balaban J connectivity index is 1.49. The molecular formula is C22H25ClN6O2. The fourth-order valence-electron chi connectivity index (χ4n) is 4.05. The van der Waals surface area contributed by atoms with Crippen LogP contribution in [-0.2, 0) is 4.79 Å². The molecule has 0 radical (unpaired) electrons. The molecule has 0 bridgehead atoms. The van der Waals surface area contributed by atoms with Crippen molar-refractivity contribution in [1.29, 1.82) is 5.26 Å². The lowest BCUT2D eigenvalue weighted by atomic mass is 9.83. The van der Waals surface area contributed by atoms with Crippen LogP contribution in [-0.4, -0.2) is 47.7 Å². The molecule has 0 unspecified atom stereocenters. The Labute approximate surface area is 186 Å². The van der Waals surface area contributed by atoms with Crippen LogP contribution in [0, 0.1) is 11.3 Å². The Kier molecular flexibility index (Phi) is 6.54. The third-order valence-corrected chi connectivity index (χ3v) is 6.08. The number of nitrogens with one attached hydrogen (secondary N) is 2. The van der Waals surface area contributed by atoms with Crippen LogP contribution in [0.2, 0.25) is 5.02 Å². The molecule has 2 heterocycles. The van der Waals surface area contributed by atoms with Gasteiger partial charge in [-0.2, -0.15) is 5.26 Å². The number of nitrogens with zero attached hydrogens (tertiary/aromatic N) is 4.